The third-order valence-electron chi connectivity index (χ3n) is 1.34. The van der Waals surface area contributed by atoms with Gasteiger partial charge in [-0.2, -0.15) is 5.10 Å². The zero-order valence-corrected chi connectivity index (χ0v) is 6.40. The Morgan fingerprint density at radius 1 is 1.73 bits per heavy atom. The van der Waals surface area contributed by atoms with Gasteiger partial charge in [0, 0.05) is 7.11 Å². The van der Waals surface area contributed by atoms with Crippen molar-refractivity contribution in [3.63, 3.8) is 0 Å². The zero-order chi connectivity index (χ0) is 8.10. The van der Waals surface area contributed by atoms with Crippen LogP contribution in [0.25, 0.3) is 0 Å². The van der Waals surface area contributed by atoms with Crippen LogP contribution in [0, 0.1) is 0 Å². The molecule has 0 aliphatic rings. The van der Waals surface area contributed by atoms with Crippen LogP contribution in [0.15, 0.2) is 6.33 Å². The molecule has 11 heavy (non-hydrogen) atoms. The maximum atomic E-state index is 8.74. The molecule has 62 valence electrons. The highest BCUT2D eigenvalue weighted by molar-refractivity contribution is 4.80. The Bertz CT molecular complexity index is 211. The van der Waals surface area contributed by atoms with E-state index in [1.165, 1.54) is 6.33 Å². The van der Waals surface area contributed by atoms with Gasteiger partial charge < -0.3 is 9.84 Å². The van der Waals surface area contributed by atoms with Gasteiger partial charge in [0.15, 0.2) is 5.82 Å². The fourth-order valence-corrected chi connectivity index (χ4v) is 0.775. The molecule has 1 N–H and O–H groups in total. The van der Waals surface area contributed by atoms with E-state index >= 15 is 0 Å². The molecule has 0 atom stereocenters. The molecule has 0 amide bonds. The summed E-state index contributed by atoms with van der Waals surface area (Å²) in [7, 11) is 1.62. The normalized spacial score (nSPS) is 10.4. The van der Waals surface area contributed by atoms with Crippen LogP contribution >= 0.6 is 0 Å². The van der Waals surface area contributed by atoms with E-state index in [0.717, 1.165) is 0 Å². The summed E-state index contributed by atoms with van der Waals surface area (Å²) in [5.41, 5.74) is 0. The predicted octanol–water partition coefficient (Wildman–Crippen LogP) is -0.583. The van der Waals surface area contributed by atoms with Crippen molar-refractivity contribution < 1.29 is 9.84 Å². The molecule has 1 rings (SSSR count). The fourth-order valence-electron chi connectivity index (χ4n) is 0.775. The number of rotatable bonds is 4. The summed E-state index contributed by atoms with van der Waals surface area (Å²) in [6, 6.07) is 0. The van der Waals surface area contributed by atoms with Crippen LogP contribution in [-0.2, 0) is 17.9 Å². The third kappa shape index (κ3) is 1.99. The third-order valence-corrected chi connectivity index (χ3v) is 1.34. The second kappa shape index (κ2) is 4.05. The molecule has 5 heteroatoms. The summed E-state index contributed by atoms with van der Waals surface area (Å²) in [6.07, 6.45) is 1.42. The van der Waals surface area contributed by atoms with E-state index in [0.29, 0.717) is 19.0 Å². The van der Waals surface area contributed by atoms with Crippen molar-refractivity contribution in [1.82, 2.24) is 14.8 Å². The molecule has 1 aromatic rings. The molecule has 0 radical (unpaired) electrons. The van der Waals surface area contributed by atoms with Crippen molar-refractivity contribution in [2.24, 2.45) is 0 Å². The average Bonchev–Trinajstić information content (AvgIpc) is 2.47. The van der Waals surface area contributed by atoms with Crippen molar-refractivity contribution in [3.05, 3.63) is 12.2 Å². The number of hydrogen-bond donors (Lipinski definition) is 1. The summed E-state index contributed by atoms with van der Waals surface area (Å²) in [5.74, 6) is 0.571. The first-order chi connectivity index (χ1) is 5.38. The zero-order valence-electron chi connectivity index (χ0n) is 6.40. The highest BCUT2D eigenvalue weighted by atomic mass is 16.5. The van der Waals surface area contributed by atoms with Crippen LogP contribution in [0.1, 0.15) is 5.82 Å². The SMILES string of the molecule is COCCn1ncnc1CO. The second-order valence-electron chi connectivity index (χ2n) is 2.05. The lowest BCUT2D eigenvalue weighted by atomic mass is 10.6. The first-order valence-electron chi connectivity index (χ1n) is 3.35. The van der Waals surface area contributed by atoms with Gasteiger partial charge in [-0.15, -0.1) is 0 Å². The minimum atomic E-state index is -0.0796. The topological polar surface area (TPSA) is 60.2 Å². The van der Waals surface area contributed by atoms with Gasteiger partial charge in [-0.1, -0.05) is 0 Å². The Morgan fingerprint density at radius 2 is 2.55 bits per heavy atom. The lowest BCUT2D eigenvalue weighted by Gasteiger charge is -2.01. The molecule has 0 unspecified atom stereocenters. The number of hydrogen-bond acceptors (Lipinski definition) is 4. The highest BCUT2D eigenvalue weighted by Gasteiger charge is 2.00. The highest BCUT2D eigenvalue weighted by Crippen LogP contribution is 1.92. The minimum absolute atomic E-state index is 0.0796. The number of methoxy groups -OCH3 is 1. The van der Waals surface area contributed by atoms with Crippen LogP contribution in [0.5, 0.6) is 0 Å². The van der Waals surface area contributed by atoms with Crippen molar-refractivity contribution in [3.8, 4) is 0 Å². The Hall–Kier alpha value is -0.940. The number of nitrogens with zero attached hydrogens (tertiary/aromatic N) is 3. The van der Waals surface area contributed by atoms with E-state index < -0.39 is 0 Å². The van der Waals surface area contributed by atoms with Crippen molar-refractivity contribution in [1.29, 1.82) is 0 Å². The fraction of sp³-hybridized carbons (Fsp3) is 0.667. The molecule has 0 spiro atoms. The van der Waals surface area contributed by atoms with Crippen LogP contribution in [-0.4, -0.2) is 33.6 Å². The summed E-state index contributed by atoms with van der Waals surface area (Å²) >= 11 is 0. The van der Waals surface area contributed by atoms with Crippen LogP contribution in [0.4, 0.5) is 0 Å². The molecular formula is C6H11N3O2. The Morgan fingerprint density at radius 3 is 3.18 bits per heavy atom. The number of aliphatic hydroxyl groups is 1. The molecule has 1 heterocycles. The van der Waals surface area contributed by atoms with E-state index in [2.05, 4.69) is 10.1 Å². The van der Waals surface area contributed by atoms with E-state index in [1.54, 1.807) is 11.8 Å². The molecular weight excluding hydrogens is 146 g/mol. The number of ether oxygens (including phenoxy) is 1. The van der Waals surface area contributed by atoms with Crippen LogP contribution in [0.3, 0.4) is 0 Å². The van der Waals surface area contributed by atoms with Gasteiger partial charge >= 0.3 is 0 Å². The van der Waals surface area contributed by atoms with Gasteiger partial charge in [0.05, 0.1) is 13.2 Å². The summed E-state index contributed by atoms with van der Waals surface area (Å²) in [6.45, 7) is 1.13. The summed E-state index contributed by atoms with van der Waals surface area (Å²) in [4.78, 5) is 3.83. The van der Waals surface area contributed by atoms with Crippen molar-refractivity contribution >= 4 is 0 Å². The molecule has 0 aliphatic heterocycles. The first-order valence-corrected chi connectivity index (χ1v) is 3.35. The maximum absolute atomic E-state index is 8.74. The van der Waals surface area contributed by atoms with Crippen molar-refractivity contribution in [2.75, 3.05) is 13.7 Å². The molecule has 0 saturated heterocycles. The molecule has 0 aliphatic carbocycles. The molecule has 0 bridgehead atoms. The lowest BCUT2D eigenvalue weighted by Crippen LogP contribution is -2.09. The van der Waals surface area contributed by atoms with Gasteiger partial charge in [-0.3, -0.25) is 0 Å². The first kappa shape index (κ1) is 8.16. The molecule has 1 aromatic heterocycles. The second-order valence-corrected chi connectivity index (χ2v) is 2.05. The Kier molecular flexibility index (Phi) is 3.00. The monoisotopic (exact) mass is 157 g/mol. The van der Waals surface area contributed by atoms with Crippen molar-refractivity contribution in [2.45, 2.75) is 13.2 Å². The van der Waals surface area contributed by atoms with E-state index in [-0.39, 0.29) is 6.61 Å². The lowest BCUT2D eigenvalue weighted by molar-refractivity contribution is 0.178. The molecule has 0 fully saturated rings. The minimum Gasteiger partial charge on any atom is -0.388 e. The van der Waals surface area contributed by atoms with E-state index in [1.807, 2.05) is 0 Å². The summed E-state index contributed by atoms with van der Waals surface area (Å²) in [5, 5.41) is 12.6. The van der Waals surface area contributed by atoms with Gasteiger partial charge in [0.2, 0.25) is 0 Å². The van der Waals surface area contributed by atoms with Gasteiger partial charge in [-0.05, 0) is 0 Å². The Balaban J connectivity index is 2.54. The molecule has 0 aromatic carbocycles. The van der Waals surface area contributed by atoms with E-state index in [9.17, 15) is 0 Å². The Labute approximate surface area is 64.6 Å². The number of aromatic nitrogens is 3. The molecule has 0 saturated carbocycles. The van der Waals surface area contributed by atoms with Gasteiger partial charge in [0.25, 0.3) is 0 Å². The average molecular weight is 157 g/mol. The summed E-state index contributed by atoms with van der Waals surface area (Å²) < 4.78 is 6.46. The largest absolute Gasteiger partial charge is 0.388 e. The number of aliphatic hydroxyl groups excluding tert-OH is 1. The van der Waals surface area contributed by atoms with Gasteiger partial charge in [0.1, 0.15) is 12.9 Å². The quantitative estimate of drug-likeness (QED) is 0.635. The standard InChI is InChI=1S/C6H11N3O2/c1-11-3-2-9-6(4-10)7-5-8-9/h5,10H,2-4H2,1H3. The maximum Gasteiger partial charge on any atom is 0.152 e. The van der Waals surface area contributed by atoms with E-state index in [4.69, 9.17) is 9.84 Å². The van der Waals surface area contributed by atoms with Crippen LogP contribution in [0.2, 0.25) is 0 Å². The smallest absolute Gasteiger partial charge is 0.152 e. The molecule has 5 nitrogen and oxygen atoms in total. The predicted molar refractivity (Wildman–Crippen MR) is 37.8 cm³/mol. The van der Waals surface area contributed by atoms with Crippen LogP contribution < -0.4 is 0 Å². The van der Waals surface area contributed by atoms with Gasteiger partial charge in [-0.25, -0.2) is 9.67 Å².